The Kier molecular flexibility index (Phi) is 5.71. The average Bonchev–Trinajstić information content (AvgIpc) is 2.48. The Morgan fingerprint density at radius 2 is 2.10 bits per heavy atom. The average molecular weight is 334 g/mol. The van der Waals surface area contributed by atoms with Crippen LogP contribution in [0.4, 0.5) is 0 Å². The molecule has 0 fully saturated rings. The van der Waals surface area contributed by atoms with E-state index in [1.807, 2.05) is 18.3 Å². The first-order valence-electron chi connectivity index (χ1n) is 6.75. The van der Waals surface area contributed by atoms with Gasteiger partial charge in [0.05, 0.1) is 0 Å². The minimum Gasteiger partial charge on any atom is -0.326 e. The third kappa shape index (κ3) is 4.40. The maximum absolute atomic E-state index is 5.64. The summed E-state index contributed by atoms with van der Waals surface area (Å²) in [5, 5.41) is 0. The molecule has 0 atom stereocenters. The molecule has 1 aromatic carbocycles. The lowest BCUT2D eigenvalue weighted by Gasteiger charge is -2.17. The zero-order chi connectivity index (χ0) is 14.4. The van der Waals surface area contributed by atoms with E-state index in [9.17, 15) is 0 Å². The van der Waals surface area contributed by atoms with Gasteiger partial charge in [-0.15, -0.1) is 0 Å². The van der Waals surface area contributed by atoms with Crippen molar-refractivity contribution in [2.45, 2.75) is 19.5 Å². The lowest BCUT2D eigenvalue weighted by Crippen LogP contribution is -2.21. The minimum atomic E-state index is 0.578. The summed E-state index contributed by atoms with van der Waals surface area (Å²) in [6.45, 7) is 2.48. The molecule has 2 aromatic rings. The Balaban J connectivity index is 1.89. The van der Waals surface area contributed by atoms with Gasteiger partial charge in [0.15, 0.2) is 0 Å². The molecule has 0 saturated carbocycles. The summed E-state index contributed by atoms with van der Waals surface area (Å²) in [6, 6.07) is 12.4. The number of nitrogens with zero attached hydrogens (tertiary/aromatic N) is 2. The van der Waals surface area contributed by atoms with E-state index in [0.717, 1.165) is 35.2 Å². The van der Waals surface area contributed by atoms with Crippen LogP contribution in [0.15, 0.2) is 47.1 Å². The highest BCUT2D eigenvalue weighted by atomic mass is 79.9. The van der Waals surface area contributed by atoms with Crippen molar-refractivity contribution in [3.63, 3.8) is 0 Å². The molecule has 2 N–H and O–H groups in total. The topological polar surface area (TPSA) is 42.2 Å². The van der Waals surface area contributed by atoms with Crippen LogP contribution in [0, 0.1) is 0 Å². The monoisotopic (exact) mass is 333 g/mol. The standard InChI is InChI=1S/C16H20BrN3/c1-20(9-7-15-4-2-3-8-19-15)12-14-6-5-13(11-18)10-16(14)17/h2-6,8,10H,7,9,11-12,18H2,1H3. The van der Waals surface area contributed by atoms with Crippen LogP contribution in [0.1, 0.15) is 16.8 Å². The number of pyridine rings is 1. The number of hydrogen-bond donors (Lipinski definition) is 1. The number of aromatic nitrogens is 1. The van der Waals surface area contributed by atoms with Gasteiger partial charge in [0, 0.05) is 42.4 Å². The molecule has 0 unspecified atom stereocenters. The van der Waals surface area contributed by atoms with E-state index in [4.69, 9.17) is 5.73 Å². The predicted octanol–water partition coefficient (Wildman–Crippen LogP) is 2.98. The first-order chi connectivity index (χ1) is 9.69. The van der Waals surface area contributed by atoms with E-state index in [0.29, 0.717) is 6.54 Å². The molecular weight excluding hydrogens is 314 g/mol. The van der Waals surface area contributed by atoms with Crippen LogP contribution >= 0.6 is 15.9 Å². The van der Waals surface area contributed by atoms with Crippen molar-refractivity contribution in [1.29, 1.82) is 0 Å². The Morgan fingerprint density at radius 3 is 2.75 bits per heavy atom. The number of likely N-dealkylation sites (N-methyl/N-ethyl adjacent to an activating group) is 1. The smallest absolute Gasteiger partial charge is 0.0416 e. The lowest BCUT2D eigenvalue weighted by molar-refractivity contribution is 0.329. The van der Waals surface area contributed by atoms with E-state index in [1.165, 1.54) is 5.56 Å². The van der Waals surface area contributed by atoms with Crippen LogP contribution < -0.4 is 5.73 Å². The molecule has 0 spiro atoms. The molecule has 0 aliphatic heterocycles. The van der Waals surface area contributed by atoms with E-state index >= 15 is 0 Å². The molecule has 0 radical (unpaired) electrons. The fraction of sp³-hybridized carbons (Fsp3) is 0.312. The maximum Gasteiger partial charge on any atom is 0.0416 e. The van der Waals surface area contributed by atoms with Crippen molar-refractivity contribution in [2.75, 3.05) is 13.6 Å². The van der Waals surface area contributed by atoms with Crippen LogP contribution in [0.2, 0.25) is 0 Å². The molecule has 1 aromatic heterocycles. The van der Waals surface area contributed by atoms with Gasteiger partial charge in [-0.05, 0) is 36.4 Å². The van der Waals surface area contributed by atoms with Crippen molar-refractivity contribution in [3.8, 4) is 0 Å². The van der Waals surface area contributed by atoms with Crippen molar-refractivity contribution in [2.24, 2.45) is 5.73 Å². The first kappa shape index (κ1) is 15.2. The number of halogens is 1. The van der Waals surface area contributed by atoms with Gasteiger partial charge in [-0.3, -0.25) is 4.98 Å². The van der Waals surface area contributed by atoms with E-state index in [-0.39, 0.29) is 0 Å². The third-order valence-corrected chi connectivity index (χ3v) is 4.01. The van der Waals surface area contributed by atoms with E-state index in [1.54, 1.807) is 0 Å². The molecule has 106 valence electrons. The third-order valence-electron chi connectivity index (χ3n) is 3.27. The summed E-state index contributed by atoms with van der Waals surface area (Å²) < 4.78 is 1.13. The molecule has 3 nitrogen and oxygen atoms in total. The highest BCUT2D eigenvalue weighted by molar-refractivity contribution is 9.10. The molecule has 0 saturated heterocycles. The van der Waals surface area contributed by atoms with Gasteiger partial charge >= 0.3 is 0 Å². The molecule has 0 bridgehead atoms. The van der Waals surface area contributed by atoms with E-state index in [2.05, 4.69) is 57.1 Å². The first-order valence-corrected chi connectivity index (χ1v) is 7.54. The number of benzene rings is 1. The van der Waals surface area contributed by atoms with Gasteiger partial charge in [0.2, 0.25) is 0 Å². The molecule has 2 rings (SSSR count). The Bertz CT molecular complexity index is 543. The summed E-state index contributed by atoms with van der Waals surface area (Å²) in [7, 11) is 2.13. The van der Waals surface area contributed by atoms with Crippen molar-refractivity contribution in [3.05, 3.63) is 63.9 Å². The maximum atomic E-state index is 5.64. The largest absolute Gasteiger partial charge is 0.326 e. The summed E-state index contributed by atoms with van der Waals surface area (Å²) >= 11 is 3.62. The van der Waals surface area contributed by atoms with Crippen LogP contribution in [-0.2, 0) is 19.5 Å². The van der Waals surface area contributed by atoms with Crippen molar-refractivity contribution >= 4 is 15.9 Å². The summed E-state index contributed by atoms with van der Waals surface area (Å²) in [4.78, 5) is 6.65. The molecule has 0 amide bonds. The summed E-state index contributed by atoms with van der Waals surface area (Å²) in [5.74, 6) is 0. The van der Waals surface area contributed by atoms with Gasteiger partial charge in [0.25, 0.3) is 0 Å². The number of hydrogen-bond acceptors (Lipinski definition) is 3. The number of nitrogens with two attached hydrogens (primary N) is 1. The van der Waals surface area contributed by atoms with Gasteiger partial charge < -0.3 is 10.6 Å². The second-order valence-corrected chi connectivity index (χ2v) is 5.79. The van der Waals surface area contributed by atoms with Crippen LogP contribution in [-0.4, -0.2) is 23.5 Å². The quantitative estimate of drug-likeness (QED) is 0.883. The molecule has 20 heavy (non-hydrogen) atoms. The highest BCUT2D eigenvalue weighted by Crippen LogP contribution is 2.20. The predicted molar refractivity (Wildman–Crippen MR) is 86.3 cm³/mol. The zero-order valence-corrected chi connectivity index (χ0v) is 13.3. The highest BCUT2D eigenvalue weighted by Gasteiger charge is 2.05. The second kappa shape index (κ2) is 7.53. The van der Waals surface area contributed by atoms with Gasteiger partial charge in [-0.25, -0.2) is 0 Å². The fourth-order valence-corrected chi connectivity index (χ4v) is 2.62. The second-order valence-electron chi connectivity index (χ2n) is 4.94. The summed E-state index contributed by atoms with van der Waals surface area (Å²) in [6.07, 6.45) is 2.81. The molecule has 0 aliphatic carbocycles. The zero-order valence-electron chi connectivity index (χ0n) is 11.7. The fourth-order valence-electron chi connectivity index (χ4n) is 2.07. The van der Waals surface area contributed by atoms with Gasteiger partial charge in [-0.2, -0.15) is 0 Å². The minimum absolute atomic E-state index is 0.578. The Labute approximate surface area is 129 Å². The summed E-state index contributed by atoms with van der Waals surface area (Å²) in [5.41, 5.74) is 9.21. The van der Waals surface area contributed by atoms with Crippen LogP contribution in [0.5, 0.6) is 0 Å². The molecule has 0 aliphatic rings. The Hall–Kier alpha value is -1.23. The van der Waals surface area contributed by atoms with Crippen molar-refractivity contribution in [1.82, 2.24) is 9.88 Å². The van der Waals surface area contributed by atoms with Gasteiger partial charge in [-0.1, -0.05) is 34.1 Å². The molecule has 1 heterocycles. The Morgan fingerprint density at radius 1 is 1.25 bits per heavy atom. The van der Waals surface area contributed by atoms with E-state index < -0.39 is 0 Å². The van der Waals surface area contributed by atoms with Crippen LogP contribution in [0.25, 0.3) is 0 Å². The normalized spacial score (nSPS) is 11.0. The van der Waals surface area contributed by atoms with Gasteiger partial charge in [0.1, 0.15) is 0 Å². The number of rotatable bonds is 6. The van der Waals surface area contributed by atoms with Crippen molar-refractivity contribution < 1.29 is 0 Å². The molecular formula is C16H20BrN3. The lowest BCUT2D eigenvalue weighted by atomic mass is 10.1. The van der Waals surface area contributed by atoms with Crippen LogP contribution in [0.3, 0.4) is 0 Å². The SMILES string of the molecule is CN(CCc1ccccn1)Cc1ccc(CN)cc1Br. The molecule has 4 heteroatoms.